The molecule has 2 rings (SSSR count). The van der Waals surface area contributed by atoms with E-state index in [1.54, 1.807) is 6.92 Å². The highest BCUT2D eigenvalue weighted by Gasteiger charge is 2.16. The van der Waals surface area contributed by atoms with Gasteiger partial charge in [-0.1, -0.05) is 23.7 Å². The lowest BCUT2D eigenvalue weighted by Gasteiger charge is -2.11. The van der Waals surface area contributed by atoms with Crippen LogP contribution in [0.25, 0.3) is 0 Å². The highest BCUT2D eigenvalue weighted by molar-refractivity contribution is 6.31. The molecule has 11 heteroatoms. The van der Waals surface area contributed by atoms with Gasteiger partial charge in [-0.15, -0.1) is 0 Å². The van der Waals surface area contributed by atoms with E-state index >= 15 is 0 Å². The molecule has 10 nitrogen and oxygen atoms in total. The fraction of sp³-hybridized carbons (Fsp3) is 0.368. The second-order valence-electron chi connectivity index (χ2n) is 6.65. The van der Waals surface area contributed by atoms with Gasteiger partial charge in [0.25, 0.3) is 5.91 Å². The van der Waals surface area contributed by atoms with Gasteiger partial charge in [0.15, 0.2) is 28.4 Å². The van der Waals surface area contributed by atoms with Gasteiger partial charge in [0, 0.05) is 6.54 Å². The number of aryl methyl sites for hydroxylation is 1. The number of benzene rings is 1. The third-order valence-electron chi connectivity index (χ3n) is 3.97. The van der Waals surface area contributed by atoms with E-state index in [1.807, 2.05) is 24.3 Å². The molecule has 0 spiro atoms. The molecule has 0 fully saturated rings. The number of nitrogens with one attached hydrogen (secondary N) is 3. The second-order valence-corrected chi connectivity index (χ2v) is 7.01. The molecule has 1 heterocycles. The first-order chi connectivity index (χ1) is 14.3. The van der Waals surface area contributed by atoms with Crippen LogP contribution >= 0.6 is 11.6 Å². The molecule has 1 amide bonds. The summed E-state index contributed by atoms with van der Waals surface area (Å²) in [6.45, 7) is 2.45. The number of carbonyl (C=O) groups excluding carboxylic acids is 1. The van der Waals surface area contributed by atoms with Crippen LogP contribution in [0.4, 0.5) is 11.6 Å². The molecule has 1 aromatic heterocycles. The highest BCUT2D eigenvalue weighted by atomic mass is 35.5. The van der Waals surface area contributed by atoms with Gasteiger partial charge >= 0.3 is 0 Å². The first-order valence-electron chi connectivity index (χ1n) is 9.38. The number of rotatable bonds is 9. The Balaban J connectivity index is 1.67. The van der Waals surface area contributed by atoms with Crippen LogP contribution in [0.1, 0.15) is 35.8 Å². The zero-order chi connectivity index (χ0) is 22.1. The Morgan fingerprint density at radius 2 is 1.93 bits per heavy atom. The molecule has 0 saturated heterocycles. The lowest BCUT2D eigenvalue weighted by Crippen LogP contribution is -2.41. The number of amides is 1. The van der Waals surface area contributed by atoms with E-state index in [2.05, 4.69) is 20.6 Å². The van der Waals surface area contributed by atoms with Crippen molar-refractivity contribution >= 4 is 35.1 Å². The largest absolute Gasteiger partial charge is 0.491 e. The average molecular weight is 436 g/mol. The van der Waals surface area contributed by atoms with Gasteiger partial charge < -0.3 is 26.6 Å². The van der Waals surface area contributed by atoms with Crippen molar-refractivity contribution in [3.63, 3.8) is 0 Å². The lowest BCUT2D eigenvalue weighted by molar-refractivity contribution is 0.0971. The molecule has 0 aliphatic carbocycles. The van der Waals surface area contributed by atoms with Crippen molar-refractivity contribution in [1.29, 1.82) is 5.41 Å². The van der Waals surface area contributed by atoms with Crippen molar-refractivity contribution in [2.24, 2.45) is 0 Å². The molecular weight excluding hydrogens is 410 g/mol. The average Bonchev–Trinajstić information content (AvgIpc) is 2.69. The number of hydrogen-bond donors (Lipinski definition) is 6. The van der Waals surface area contributed by atoms with E-state index < -0.39 is 12.0 Å². The summed E-state index contributed by atoms with van der Waals surface area (Å²) < 4.78 is 5.43. The predicted octanol–water partition coefficient (Wildman–Crippen LogP) is 1.33. The molecule has 0 bridgehead atoms. The summed E-state index contributed by atoms with van der Waals surface area (Å²) in [5, 5.41) is 22.1. The minimum atomic E-state index is -0.697. The Morgan fingerprint density at radius 1 is 1.23 bits per heavy atom. The van der Waals surface area contributed by atoms with Crippen molar-refractivity contribution in [3.8, 4) is 5.75 Å². The zero-order valence-electron chi connectivity index (χ0n) is 16.6. The first kappa shape index (κ1) is 23.2. The Bertz CT molecular complexity index is 875. The fourth-order valence-electron chi connectivity index (χ4n) is 2.46. The Morgan fingerprint density at radius 3 is 2.60 bits per heavy atom. The molecule has 0 aliphatic rings. The number of hydrogen-bond acceptors (Lipinski definition) is 8. The van der Waals surface area contributed by atoms with Crippen molar-refractivity contribution in [1.82, 2.24) is 20.6 Å². The van der Waals surface area contributed by atoms with Gasteiger partial charge in [-0.05, 0) is 43.9 Å². The number of aromatic nitrogens is 2. The number of unbranched alkanes of at least 4 members (excludes halogenated alkanes) is 1. The van der Waals surface area contributed by atoms with E-state index in [4.69, 9.17) is 33.2 Å². The normalized spacial score (nSPS) is 11.6. The molecule has 1 aromatic carbocycles. The first-order valence-corrected chi connectivity index (χ1v) is 9.76. The quantitative estimate of drug-likeness (QED) is 0.194. The van der Waals surface area contributed by atoms with Crippen LogP contribution < -0.4 is 26.8 Å². The smallest absolute Gasteiger partial charge is 0.280 e. The second kappa shape index (κ2) is 11.2. The summed E-state index contributed by atoms with van der Waals surface area (Å²) in [6, 6.07) is 7.71. The van der Waals surface area contributed by atoms with Gasteiger partial charge in [0.2, 0.25) is 0 Å². The summed E-state index contributed by atoms with van der Waals surface area (Å²) in [4.78, 5) is 19.6. The maximum Gasteiger partial charge on any atom is 0.280 e. The van der Waals surface area contributed by atoms with Crippen molar-refractivity contribution < 1.29 is 14.6 Å². The third-order valence-corrected chi connectivity index (χ3v) is 4.25. The number of nitrogens with two attached hydrogens (primary N) is 2. The molecule has 0 saturated carbocycles. The number of anilines is 2. The maximum atomic E-state index is 12.1. The van der Waals surface area contributed by atoms with E-state index in [1.165, 1.54) is 0 Å². The van der Waals surface area contributed by atoms with Crippen molar-refractivity contribution in [3.05, 3.63) is 40.7 Å². The summed E-state index contributed by atoms with van der Waals surface area (Å²) in [5.74, 6) is -0.380. The Hall–Kier alpha value is -3.11. The van der Waals surface area contributed by atoms with Gasteiger partial charge in [-0.3, -0.25) is 15.5 Å². The summed E-state index contributed by atoms with van der Waals surface area (Å²) in [7, 11) is 0. The van der Waals surface area contributed by atoms with E-state index in [0.717, 1.165) is 30.6 Å². The molecule has 1 atom stereocenters. The maximum absolute atomic E-state index is 12.1. The Kier molecular flexibility index (Phi) is 8.63. The number of nitrogen functional groups attached to an aromatic ring is 2. The Labute approximate surface area is 179 Å². The SMILES string of the molecule is C[C@H](O)COc1ccc(CCCCNC(=N)NC(=O)c2nc(Cl)c(N)nc2N)cc1. The van der Waals surface area contributed by atoms with Gasteiger partial charge in [-0.2, -0.15) is 0 Å². The number of ether oxygens (including phenoxy) is 1. The van der Waals surface area contributed by atoms with Crippen LogP contribution in [-0.4, -0.2) is 46.2 Å². The summed E-state index contributed by atoms with van der Waals surface area (Å²) >= 11 is 5.75. The van der Waals surface area contributed by atoms with Crippen LogP contribution in [0, 0.1) is 5.41 Å². The molecule has 0 aliphatic heterocycles. The van der Waals surface area contributed by atoms with Gasteiger partial charge in [0.05, 0.1) is 6.10 Å². The molecule has 2 aromatic rings. The number of halogens is 1. The van der Waals surface area contributed by atoms with E-state index in [9.17, 15) is 9.90 Å². The number of carbonyl (C=O) groups is 1. The minimum absolute atomic E-state index is 0.0687. The van der Waals surface area contributed by atoms with E-state index in [-0.39, 0.29) is 35.0 Å². The number of guanidine groups is 1. The van der Waals surface area contributed by atoms with Crippen LogP contribution in [0.3, 0.4) is 0 Å². The van der Waals surface area contributed by atoms with Crippen LogP contribution in [0.5, 0.6) is 5.75 Å². The summed E-state index contributed by atoms with van der Waals surface area (Å²) in [5.41, 5.74) is 12.1. The number of nitrogens with zero attached hydrogens (tertiary/aromatic N) is 2. The van der Waals surface area contributed by atoms with Gasteiger partial charge in [-0.25, -0.2) is 9.97 Å². The standard InChI is InChI=1S/C19H26ClN7O3/c1-11(28)10-30-13-7-5-12(6-8-13)4-2-3-9-24-19(23)27-18(29)14-16(21)26-17(22)15(20)25-14/h5-8,11,28H,2-4,9-10H2,1H3,(H4,21,22,26)(H3,23,24,27,29)/t11-/m0/s1. The predicted molar refractivity (Wildman–Crippen MR) is 116 cm³/mol. The number of aliphatic hydroxyl groups is 1. The highest BCUT2D eigenvalue weighted by Crippen LogP contribution is 2.17. The topological polar surface area (TPSA) is 172 Å². The lowest BCUT2D eigenvalue weighted by atomic mass is 10.1. The number of aliphatic hydroxyl groups excluding tert-OH is 1. The summed E-state index contributed by atoms with van der Waals surface area (Å²) in [6.07, 6.45) is 2.06. The van der Waals surface area contributed by atoms with Crippen molar-refractivity contribution in [2.75, 3.05) is 24.6 Å². The molecule has 0 unspecified atom stereocenters. The fourth-order valence-corrected chi connectivity index (χ4v) is 2.59. The third kappa shape index (κ3) is 7.37. The molecule has 8 N–H and O–H groups in total. The molecule has 30 heavy (non-hydrogen) atoms. The molecule has 0 radical (unpaired) electrons. The van der Waals surface area contributed by atoms with Gasteiger partial charge in [0.1, 0.15) is 12.4 Å². The minimum Gasteiger partial charge on any atom is -0.491 e. The molecular formula is C19H26ClN7O3. The monoisotopic (exact) mass is 435 g/mol. The van der Waals surface area contributed by atoms with Crippen molar-refractivity contribution in [2.45, 2.75) is 32.3 Å². The van der Waals surface area contributed by atoms with Crippen LogP contribution in [0.15, 0.2) is 24.3 Å². The van der Waals surface area contributed by atoms with Crippen LogP contribution in [0.2, 0.25) is 5.15 Å². The van der Waals surface area contributed by atoms with E-state index in [0.29, 0.717) is 6.54 Å². The molecule has 162 valence electrons. The van der Waals surface area contributed by atoms with Crippen LogP contribution in [-0.2, 0) is 6.42 Å². The zero-order valence-corrected chi connectivity index (χ0v) is 17.4.